The Kier molecular flexibility index (Phi) is 6.98. The van der Waals surface area contributed by atoms with Gasteiger partial charge in [0.2, 0.25) is 5.91 Å². The Morgan fingerprint density at radius 1 is 1.48 bits per heavy atom. The maximum atomic E-state index is 12.0. The molecule has 21 heavy (non-hydrogen) atoms. The highest BCUT2D eigenvalue weighted by atomic mass is 16.5. The van der Waals surface area contributed by atoms with Gasteiger partial charge in [-0.2, -0.15) is 0 Å². The number of aliphatic hydroxyl groups is 1. The van der Waals surface area contributed by atoms with Crippen LogP contribution in [0.4, 0.5) is 11.4 Å². The summed E-state index contributed by atoms with van der Waals surface area (Å²) < 4.78 is 5.18. The topological polar surface area (TPSA) is 87.8 Å². The number of methoxy groups -OCH3 is 1. The quantitative estimate of drug-likeness (QED) is 0.629. The molecule has 0 bridgehead atoms. The van der Waals surface area contributed by atoms with Crippen molar-refractivity contribution in [3.8, 4) is 5.75 Å². The summed E-state index contributed by atoms with van der Waals surface area (Å²) in [5.74, 6) is 0.489. The fourth-order valence-electron chi connectivity index (χ4n) is 1.85. The summed E-state index contributed by atoms with van der Waals surface area (Å²) in [7, 11) is 3.47. The van der Waals surface area contributed by atoms with Gasteiger partial charge in [0, 0.05) is 25.2 Å². The van der Waals surface area contributed by atoms with E-state index in [0.717, 1.165) is 6.54 Å². The highest BCUT2D eigenvalue weighted by Crippen LogP contribution is 2.26. The Morgan fingerprint density at radius 2 is 2.19 bits per heavy atom. The van der Waals surface area contributed by atoms with E-state index in [1.807, 2.05) is 11.9 Å². The first-order valence-corrected chi connectivity index (χ1v) is 7.02. The molecule has 0 heterocycles. The number of carbonyl (C=O) groups excluding carboxylic acids is 1. The van der Waals surface area contributed by atoms with Crippen molar-refractivity contribution in [1.29, 1.82) is 0 Å². The van der Waals surface area contributed by atoms with Gasteiger partial charge in [-0.25, -0.2) is 0 Å². The number of nitrogen functional groups attached to an aromatic ring is 1. The third-order valence-electron chi connectivity index (χ3n) is 3.15. The van der Waals surface area contributed by atoms with E-state index in [9.17, 15) is 9.90 Å². The van der Waals surface area contributed by atoms with Crippen LogP contribution in [0.2, 0.25) is 0 Å². The number of nitrogens with zero attached hydrogens (tertiary/aromatic N) is 1. The lowest BCUT2D eigenvalue weighted by Gasteiger charge is -2.17. The second-order valence-electron chi connectivity index (χ2n) is 5.20. The van der Waals surface area contributed by atoms with Gasteiger partial charge in [-0.1, -0.05) is 0 Å². The third kappa shape index (κ3) is 6.46. The van der Waals surface area contributed by atoms with E-state index in [1.165, 1.54) is 0 Å². The van der Waals surface area contributed by atoms with Crippen molar-refractivity contribution in [2.24, 2.45) is 0 Å². The van der Waals surface area contributed by atoms with Gasteiger partial charge in [0.15, 0.2) is 0 Å². The van der Waals surface area contributed by atoms with E-state index in [0.29, 0.717) is 36.5 Å². The van der Waals surface area contributed by atoms with Crippen LogP contribution in [0, 0.1) is 0 Å². The Labute approximate surface area is 125 Å². The van der Waals surface area contributed by atoms with E-state index in [-0.39, 0.29) is 12.0 Å². The minimum absolute atomic E-state index is 0.0946. The highest BCUT2D eigenvalue weighted by Gasteiger charge is 2.09. The number of anilines is 2. The number of hydrogen-bond donors (Lipinski definition) is 3. The summed E-state index contributed by atoms with van der Waals surface area (Å²) in [5.41, 5.74) is 6.86. The molecule has 0 saturated carbocycles. The number of amides is 1. The largest absolute Gasteiger partial charge is 0.495 e. The molecule has 1 unspecified atom stereocenters. The molecule has 6 heteroatoms. The van der Waals surface area contributed by atoms with Crippen LogP contribution >= 0.6 is 0 Å². The lowest BCUT2D eigenvalue weighted by atomic mass is 10.2. The Morgan fingerprint density at radius 3 is 2.81 bits per heavy atom. The monoisotopic (exact) mass is 295 g/mol. The maximum absolute atomic E-state index is 12.0. The molecule has 0 aliphatic heterocycles. The molecule has 0 radical (unpaired) electrons. The lowest BCUT2D eigenvalue weighted by Crippen LogP contribution is -2.27. The van der Waals surface area contributed by atoms with Gasteiger partial charge >= 0.3 is 0 Å². The molecule has 0 aliphatic rings. The molecule has 0 aliphatic carbocycles. The number of carbonyl (C=O) groups is 1. The molecule has 1 aromatic rings. The zero-order valence-electron chi connectivity index (χ0n) is 12.9. The second kappa shape index (κ2) is 8.49. The van der Waals surface area contributed by atoms with Crippen LogP contribution in [0.5, 0.6) is 5.75 Å². The van der Waals surface area contributed by atoms with Gasteiger partial charge in [0.25, 0.3) is 0 Å². The summed E-state index contributed by atoms with van der Waals surface area (Å²) in [4.78, 5) is 14.0. The number of rotatable bonds is 8. The molecule has 0 aromatic heterocycles. The summed E-state index contributed by atoms with van der Waals surface area (Å²) in [6.07, 6.45) is 0.743. The SMILES string of the molecule is COc1ccc(N)cc1NC(=O)CCN(C)CCC(C)O. The fraction of sp³-hybridized carbons (Fsp3) is 0.533. The Balaban J connectivity index is 2.45. The number of aliphatic hydroxyl groups excluding tert-OH is 1. The molecular formula is C15H25N3O3. The zero-order valence-corrected chi connectivity index (χ0v) is 12.9. The highest BCUT2D eigenvalue weighted by molar-refractivity contribution is 5.93. The number of nitrogens with one attached hydrogen (secondary N) is 1. The van der Waals surface area contributed by atoms with Crippen molar-refractivity contribution in [3.05, 3.63) is 18.2 Å². The normalized spacial score (nSPS) is 12.2. The lowest BCUT2D eigenvalue weighted by molar-refractivity contribution is -0.116. The predicted octanol–water partition coefficient (Wildman–Crippen LogP) is 1.31. The van der Waals surface area contributed by atoms with E-state index in [2.05, 4.69) is 5.32 Å². The average molecular weight is 295 g/mol. The van der Waals surface area contributed by atoms with Crippen molar-refractivity contribution < 1.29 is 14.6 Å². The minimum atomic E-state index is -0.321. The molecule has 1 rings (SSSR count). The first-order chi connectivity index (χ1) is 9.92. The number of benzene rings is 1. The Bertz CT molecular complexity index is 463. The van der Waals surface area contributed by atoms with E-state index >= 15 is 0 Å². The molecule has 118 valence electrons. The predicted molar refractivity (Wildman–Crippen MR) is 84.4 cm³/mol. The second-order valence-corrected chi connectivity index (χ2v) is 5.20. The van der Waals surface area contributed by atoms with Crippen molar-refractivity contribution >= 4 is 17.3 Å². The van der Waals surface area contributed by atoms with Crippen LogP contribution in [0.15, 0.2) is 18.2 Å². The van der Waals surface area contributed by atoms with Crippen LogP contribution in [0.1, 0.15) is 19.8 Å². The van der Waals surface area contributed by atoms with Gasteiger partial charge < -0.3 is 25.8 Å². The number of nitrogens with two attached hydrogens (primary N) is 1. The van der Waals surface area contributed by atoms with Crippen LogP contribution in [-0.4, -0.2) is 49.3 Å². The summed E-state index contributed by atoms with van der Waals surface area (Å²) >= 11 is 0. The molecule has 0 saturated heterocycles. The van der Waals surface area contributed by atoms with Gasteiger partial charge in [-0.05, 0) is 38.6 Å². The van der Waals surface area contributed by atoms with Crippen molar-refractivity contribution in [2.45, 2.75) is 25.9 Å². The molecule has 1 atom stereocenters. The minimum Gasteiger partial charge on any atom is -0.495 e. The van der Waals surface area contributed by atoms with Gasteiger partial charge in [0.1, 0.15) is 5.75 Å². The van der Waals surface area contributed by atoms with Gasteiger partial charge in [-0.15, -0.1) is 0 Å². The van der Waals surface area contributed by atoms with E-state index in [1.54, 1.807) is 32.2 Å². The van der Waals surface area contributed by atoms with E-state index < -0.39 is 0 Å². The van der Waals surface area contributed by atoms with Crippen molar-refractivity contribution in [3.63, 3.8) is 0 Å². The van der Waals surface area contributed by atoms with Crippen LogP contribution in [-0.2, 0) is 4.79 Å². The molecule has 6 nitrogen and oxygen atoms in total. The third-order valence-corrected chi connectivity index (χ3v) is 3.15. The van der Waals surface area contributed by atoms with Crippen LogP contribution in [0.3, 0.4) is 0 Å². The summed E-state index contributed by atoms with van der Waals surface area (Å²) in [6, 6.07) is 5.12. The number of hydrogen-bond acceptors (Lipinski definition) is 5. The first-order valence-electron chi connectivity index (χ1n) is 7.02. The standard InChI is InChI=1S/C15H25N3O3/c1-11(19)6-8-18(2)9-7-15(20)17-13-10-12(16)4-5-14(13)21-3/h4-5,10-11,19H,6-9,16H2,1-3H3,(H,17,20). The Hall–Kier alpha value is -1.79. The zero-order chi connectivity index (χ0) is 15.8. The van der Waals surface area contributed by atoms with Crippen LogP contribution in [0.25, 0.3) is 0 Å². The maximum Gasteiger partial charge on any atom is 0.225 e. The molecule has 1 amide bonds. The molecule has 1 aromatic carbocycles. The average Bonchev–Trinajstić information content (AvgIpc) is 2.43. The molecule has 4 N–H and O–H groups in total. The van der Waals surface area contributed by atoms with Crippen molar-refractivity contribution in [2.75, 3.05) is 38.3 Å². The first kappa shape index (κ1) is 17.3. The molecule has 0 spiro atoms. The van der Waals surface area contributed by atoms with Crippen LogP contribution < -0.4 is 15.8 Å². The summed E-state index contributed by atoms with van der Waals surface area (Å²) in [5, 5.41) is 12.0. The van der Waals surface area contributed by atoms with E-state index in [4.69, 9.17) is 10.5 Å². The smallest absolute Gasteiger partial charge is 0.225 e. The van der Waals surface area contributed by atoms with Gasteiger partial charge in [0.05, 0.1) is 18.9 Å². The summed E-state index contributed by atoms with van der Waals surface area (Å²) in [6.45, 7) is 3.14. The fourth-order valence-corrected chi connectivity index (χ4v) is 1.85. The molecular weight excluding hydrogens is 270 g/mol. The molecule has 0 fully saturated rings. The van der Waals surface area contributed by atoms with Crippen molar-refractivity contribution in [1.82, 2.24) is 4.90 Å². The van der Waals surface area contributed by atoms with Gasteiger partial charge in [-0.3, -0.25) is 4.79 Å². The number of ether oxygens (including phenoxy) is 1.